The molecule has 198 valence electrons. The second-order valence-corrected chi connectivity index (χ2v) is 10.7. The minimum atomic E-state index is -0.336. The molecule has 3 heterocycles. The van der Waals surface area contributed by atoms with Crippen molar-refractivity contribution in [2.75, 3.05) is 10.6 Å². The molecule has 2 aromatic heterocycles. The van der Waals surface area contributed by atoms with E-state index in [1.165, 1.54) is 12.1 Å². The molecule has 6 nitrogen and oxygen atoms in total. The van der Waals surface area contributed by atoms with Crippen molar-refractivity contribution in [3.63, 3.8) is 0 Å². The molecule has 0 aliphatic carbocycles. The van der Waals surface area contributed by atoms with Gasteiger partial charge in [-0.1, -0.05) is 53.0 Å². The molecule has 0 fully saturated rings. The van der Waals surface area contributed by atoms with Crippen molar-refractivity contribution < 1.29 is 9.18 Å². The van der Waals surface area contributed by atoms with Gasteiger partial charge in [-0.05, 0) is 73.4 Å². The van der Waals surface area contributed by atoms with Crippen molar-refractivity contribution in [2.45, 2.75) is 32.4 Å². The molecular weight excluding hydrogens is 560 g/mol. The molecule has 3 aromatic carbocycles. The van der Waals surface area contributed by atoms with Crippen LogP contribution in [0.1, 0.15) is 34.7 Å². The first-order valence-corrected chi connectivity index (χ1v) is 13.7. The maximum atomic E-state index is 13.9. The van der Waals surface area contributed by atoms with E-state index < -0.39 is 0 Å². The van der Waals surface area contributed by atoms with Gasteiger partial charge in [0.15, 0.2) is 5.82 Å². The lowest BCUT2D eigenvalue weighted by atomic mass is 9.97. The maximum Gasteiger partial charge on any atom is 0.275 e. The Hall–Kier alpha value is -3.52. The number of nitrogens with one attached hydrogen (secondary N) is 2. The zero-order valence-electron chi connectivity index (χ0n) is 20.6. The van der Waals surface area contributed by atoms with Crippen LogP contribution in [-0.2, 0) is 19.5 Å². The molecule has 0 saturated heterocycles. The first-order valence-electron chi connectivity index (χ1n) is 12.5. The van der Waals surface area contributed by atoms with Crippen LogP contribution < -0.4 is 10.6 Å². The minimum absolute atomic E-state index is 0.327. The summed E-state index contributed by atoms with van der Waals surface area (Å²) in [5.41, 5.74) is 5.18. The summed E-state index contributed by atoms with van der Waals surface area (Å²) in [6, 6.07) is 18.6. The number of hydrogen-bond donors (Lipinski definition) is 2. The molecule has 6 rings (SSSR count). The third kappa shape index (κ3) is 4.98. The maximum absolute atomic E-state index is 13.9. The highest BCUT2D eigenvalue weighted by Crippen LogP contribution is 2.37. The first kappa shape index (κ1) is 25.7. The summed E-state index contributed by atoms with van der Waals surface area (Å²) in [7, 11) is 0. The van der Waals surface area contributed by atoms with E-state index in [2.05, 4.69) is 15.2 Å². The fraction of sp³-hybridized carbons (Fsp3) is 0.172. The Balaban J connectivity index is 1.48. The molecule has 1 aliphatic heterocycles. The Labute approximate surface area is 239 Å². The lowest BCUT2D eigenvalue weighted by molar-refractivity contribution is 0.102. The van der Waals surface area contributed by atoms with E-state index in [4.69, 9.17) is 39.9 Å². The quantitative estimate of drug-likeness (QED) is 0.213. The summed E-state index contributed by atoms with van der Waals surface area (Å²) < 4.78 is 17.7. The number of rotatable bonds is 6. The van der Waals surface area contributed by atoms with Gasteiger partial charge in [-0.3, -0.25) is 4.79 Å². The fourth-order valence-electron chi connectivity index (χ4n) is 5.12. The number of aryl methyl sites for hydroxylation is 2. The third-order valence-corrected chi connectivity index (χ3v) is 7.84. The molecule has 0 spiro atoms. The van der Waals surface area contributed by atoms with Crippen LogP contribution in [0.3, 0.4) is 0 Å². The number of anilines is 2. The summed E-state index contributed by atoms with van der Waals surface area (Å²) >= 11 is 18.4. The van der Waals surface area contributed by atoms with E-state index >= 15 is 0 Å². The highest BCUT2D eigenvalue weighted by Gasteiger charge is 2.30. The SMILES string of the molecule is O=C(Nc1cccc(Cl)c1)c1c(-c2ccc(F)cc2)c2c3n(c(CNc4ccc(Cl)c(Cl)c4)nn13)CCCC2. The lowest BCUT2D eigenvalue weighted by Gasteiger charge is -2.10. The van der Waals surface area contributed by atoms with Crippen molar-refractivity contribution in [1.29, 1.82) is 0 Å². The number of nitrogens with zero attached hydrogens (tertiary/aromatic N) is 3. The average molecular weight is 583 g/mol. The fourth-order valence-corrected chi connectivity index (χ4v) is 5.60. The molecular formula is C29H23Cl3FN5O. The van der Waals surface area contributed by atoms with Crippen LogP contribution in [0.2, 0.25) is 15.1 Å². The predicted molar refractivity (Wildman–Crippen MR) is 155 cm³/mol. The van der Waals surface area contributed by atoms with Gasteiger partial charge in [0.1, 0.15) is 17.2 Å². The second-order valence-electron chi connectivity index (χ2n) is 9.42. The number of carbonyl (C=O) groups is 1. The molecule has 0 bridgehead atoms. The molecule has 1 aliphatic rings. The third-order valence-electron chi connectivity index (χ3n) is 6.86. The number of amides is 1. The van der Waals surface area contributed by atoms with Crippen LogP contribution >= 0.6 is 34.8 Å². The van der Waals surface area contributed by atoms with Gasteiger partial charge in [-0.25, -0.2) is 8.91 Å². The van der Waals surface area contributed by atoms with Gasteiger partial charge in [-0.2, -0.15) is 5.10 Å². The Morgan fingerprint density at radius 1 is 0.949 bits per heavy atom. The van der Waals surface area contributed by atoms with E-state index in [9.17, 15) is 9.18 Å². The molecule has 39 heavy (non-hydrogen) atoms. The zero-order valence-corrected chi connectivity index (χ0v) is 22.9. The molecule has 5 aromatic rings. The first-order chi connectivity index (χ1) is 18.9. The van der Waals surface area contributed by atoms with Crippen LogP contribution in [-0.4, -0.2) is 20.1 Å². The van der Waals surface area contributed by atoms with Crippen molar-refractivity contribution >= 4 is 57.7 Å². The Kier molecular flexibility index (Phi) is 6.97. The molecule has 1 amide bonds. The summed E-state index contributed by atoms with van der Waals surface area (Å²) in [6.45, 7) is 1.18. The van der Waals surface area contributed by atoms with Gasteiger partial charge in [0.2, 0.25) is 0 Å². The summed E-state index contributed by atoms with van der Waals surface area (Å²) in [6.07, 6.45) is 2.68. The van der Waals surface area contributed by atoms with Crippen LogP contribution in [0.5, 0.6) is 0 Å². The van der Waals surface area contributed by atoms with E-state index in [-0.39, 0.29) is 11.7 Å². The van der Waals surface area contributed by atoms with E-state index in [1.54, 1.807) is 53.0 Å². The van der Waals surface area contributed by atoms with Gasteiger partial charge in [-0.15, -0.1) is 0 Å². The number of aromatic nitrogens is 3. The van der Waals surface area contributed by atoms with Gasteiger partial charge in [0, 0.05) is 34.1 Å². The molecule has 2 N–H and O–H groups in total. The number of carbonyl (C=O) groups excluding carboxylic acids is 1. The number of hydrogen-bond acceptors (Lipinski definition) is 3. The topological polar surface area (TPSA) is 63.4 Å². The Morgan fingerprint density at radius 2 is 1.77 bits per heavy atom. The van der Waals surface area contributed by atoms with Gasteiger partial charge >= 0.3 is 0 Å². The van der Waals surface area contributed by atoms with Crippen LogP contribution in [0.15, 0.2) is 66.7 Å². The molecule has 0 unspecified atom stereocenters. The summed E-state index contributed by atoms with van der Waals surface area (Å²) in [5, 5.41) is 12.7. The molecule has 10 heteroatoms. The molecule has 0 atom stereocenters. The monoisotopic (exact) mass is 581 g/mol. The number of halogens is 4. The lowest BCUT2D eigenvalue weighted by Crippen LogP contribution is -2.16. The Bertz CT molecular complexity index is 1710. The van der Waals surface area contributed by atoms with Crippen molar-refractivity contribution in [3.05, 3.63) is 105 Å². The predicted octanol–water partition coefficient (Wildman–Crippen LogP) is 8.10. The van der Waals surface area contributed by atoms with Crippen molar-refractivity contribution in [1.82, 2.24) is 14.2 Å². The van der Waals surface area contributed by atoms with Crippen LogP contribution in [0, 0.1) is 5.82 Å². The van der Waals surface area contributed by atoms with Gasteiger partial charge in [0.25, 0.3) is 5.91 Å². The highest BCUT2D eigenvalue weighted by atomic mass is 35.5. The van der Waals surface area contributed by atoms with Gasteiger partial charge < -0.3 is 15.2 Å². The summed E-state index contributed by atoms with van der Waals surface area (Å²) in [4.78, 5) is 13.9. The van der Waals surface area contributed by atoms with Crippen molar-refractivity contribution in [2.24, 2.45) is 0 Å². The standard InChI is InChI=1S/C29H23Cl3FN5O/c30-18-4-3-5-21(14-18)35-28(39)27-26(17-7-9-19(33)10-8-17)22-6-1-2-13-37-25(36-38(27)29(22)37)16-34-20-11-12-23(31)24(32)15-20/h3-5,7-12,14-15,34H,1-2,6,13,16H2,(H,35,39). The van der Waals surface area contributed by atoms with E-state index in [1.807, 2.05) is 6.07 Å². The van der Waals surface area contributed by atoms with Gasteiger partial charge in [0.05, 0.1) is 16.6 Å². The normalized spacial score (nSPS) is 12.9. The van der Waals surface area contributed by atoms with Crippen LogP contribution in [0.25, 0.3) is 16.8 Å². The number of benzene rings is 3. The molecule has 0 radical (unpaired) electrons. The van der Waals surface area contributed by atoms with Crippen molar-refractivity contribution in [3.8, 4) is 11.1 Å². The smallest absolute Gasteiger partial charge is 0.275 e. The highest BCUT2D eigenvalue weighted by molar-refractivity contribution is 6.42. The molecule has 0 saturated carbocycles. The summed E-state index contributed by atoms with van der Waals surface area (Å²) in [5.74, 6) is 0.116. The minimum Gasteiger partial charge on any atom is -0.378 e. The Morgan fingerprint density at radius 3 is 2.54 bits per heavy atom. The van der Waals surface area contributed by atoms with E-state index in [0.29, 0.717) is 33.0 Å². The average Bonchev–Trinajstić information content (AvgIpc) is 3.31. The second kappa shape index (κ2) is 10.6. The zero-order chi connectivity index (χ0) is 27.1. The largest absolute Gasteiger partial charge is 0.378 e. The van der Waals surface area contributed by atoms with Crippen LogP contribution in [0.4, 0.5) is 15.8 Å². The van der Waals surface area contributed by atoms with E-state index in [0.717, 1.165) is 59.7 Å².